The molecule has 352 valence electrons. The minimum absolute atomic E-state index is 0. The summed E-state index contributed by atoms with van der Waals surface area (Å²) in [6, 6.07) is 16.5. The van der Waals surface area contributed by atoms with Crippen LogP contribution in [0.2, 0.25) is 0 Å². The predicted molar refractivity (Wildman–Crippen MR) is 240 cm³/mol. The standard InChI is InChI=1S/C6H5ClO2.C6H6N4O.C6H5N3O2.C6H14N2O.C6H8N2O.C6H7NO2.N3.3H3N.Na.H2/c7-3-5-1-2-6(4-8)9-5;7-3-5-1-2-6(11-5)4-9-10-8;7-9-8-3-5-1-2-6(4-10)11-5;3*7-3-5-1-2-6(4-8)9-5;1-3-2;;;;;/h1-2,4H,3H2;1-3,7H,4H2;1-2,4H,3H2;5-6H,1-4,7-8H2;1-3,7H,4,8H2;1-2,4H,3,7H2;;3*1H3;;1H/q;;;;;;-1;;;;+1;. The summed E-state index contributed by atoms with van der Waals surface area (Å²) in [7, 11) is 0. The zero-order valence-electron chi connectivity index (χ0n) is 35.7. The molecule has 6 rings (SSSR count). The number of hydrogen-bond acceptors (Lipinski definition) is 20. The fourth-order valence-corrected chi connectivity index (χ4v) is 4.25. The van der Waals surface area contributed by atoms with Crippen molar-refractivity contribution in [3.8, 4) is 0 Å². The van der Waals surface area contributed by atoms with Gasteiger partial charge in [0.25, 0.3) is 0 Å². The van der Waals surface area contributed by atoms with Gasteiger partial charge in [-0.25, -0.2) is 0 Å². The Morgan fingerprint density at radius 1 is 0.585 bits per heavy atom. The summed E-state index contributed by atoms with van der Waals surface area (Å²) in [6.07, 6.45) is 6.86. The molecule has 0 amide bonds. The maximum absolute atomic E-state index is 10.1. The molecule has 0 aromatic carbocycles. The van der Waals surface area contributed by atoms with Crippen LogP contribution in [0.3, 0.4) is 0 Å². The molecular formula is C36H56ClN18NaO9. The molecule has 0 bridgehead atoms. The number of halogens is 1. The molecule has 1 saturated heterocycles. The van der Waals surface area contributed by atoms with E-state index in [-0.39, 0.29) is 80.5 Å². The number of aldehydes is 3. The molecule has 19 N–H and O–H groups in total. The number of carbonyl (C=O) groups is 3. The van der Waals surface area contributed by atoms with Crippen LogP contribution < -0.4 is 70.9 Å². The Kier molecular flexibility index (Phi) is 46.1. The first-order chi connectivity index (χ1) is 29.6. The molecule has 0 radical (unpaired) electrons. The first kappa shape index (κ1) is 67.7. The topological polar surface area (TPSA) is 539 Å². The Bertz CT molecular complexity index is 1960. The minimum atomic E-state index is 0. The molecule has 2 atom stereocenters. The monoisotopic (exact) mass is 942 g/mol. The number of azide groups is 2. The van der Waals surface area contributed by atoms with Gasteiger partial charge in [-0.15, -0.1) is 11.6 Å². The van der Waals surface area contributed by atoms with Gasteiger partial charge < -0.3 is 90.1 Å². The van der Waals surface area contributed by atoms with Crippen LogP contribution in [0.25, 0.3) is 36.9 Å². The molecule has 5 aromatic heterocycles. The quantitative estimate of drug-likeness (QED) is 0.0132. The summed E-state index contributed by atoms with van der Waals surface area (Å²) in [5.74, 6) is 5.27. The molecule has 29 heteroatoms. The summed E-state index contributed by atoms with van der Waals surface area (Å²) in [5, 5.41) is 20.1. The van der Waals surface area contributed by atoms with Crippen LogP contribution in [0.1, 0.15) is 86.3 Å². The van der Waals surface area contributed by atoms with Gasteiger partial charge in [-0.2, -0.15) is 0 Å². The van der Waals surface area contributed by atoms with Crippen LogP contribution in [0.4, 0.5) is 0 Å². The number of rotatable bonds is 14. The Hall–Kier alpha value is -6.35. The van der Waals surface area contributed by atoms with E-state index in [0.717, 1.165) is 25.3 Å². The van der Waals surface area contributed by atoms with E-state index in [1.165, 1.54) is 11.0 Å². The Morgan fingerprint density at radius 3 is 1.11 bits per heavy atom. The first-order valence-corrected chi connectivity index (χ1v) is 18.0. The molecule has 2 unspecified atom stereocenters. The van der Waals surface area contributed by atoms with E-state index in [2.05, 4.69) is 20.1 Å². The average molecular weight is 943 g/mol. The van der Waals surface area contributed by atoms with Gasteiger partial charge in [0.15, 0.2) is 36.1 Å². The average Bonchev–Trinajstić information content (AvgIpc) is 4.17. The van der Waals surface area contributed by atoms with Crippen LogP contribution >= 0.6 is 11.6 Å². The summed E-state index contributed by atoms with van der Waals surface area (Å²) in [6.45, 7) is 2.35. The molecule has 1 fully saturated rings. The summed E-state index contributed by atoms with van der Waals surface area (Å²) in [5.41, 5.74) is 50.6. The zero-order chi connectivity index (χ0) is 45.7. The smallest absolute Gasteiger partial charge is 0.460 e. The van der Waals surface area contributed by atoms with Gasteiger partial charge >= 0.3 is 29.6 Å². The van der Waals surface area contributed by atoms with E-state index in [4.69, 9.17) is 94.3 Å². The van der Waals surface area contributed by atoms with Crippen LogP contribution in [-0.2, 0) is 36.8 Å². The van der Waals surface area contributed by atoms with Crippen LogP contribution in [-0.4, -0.2) is 56.6 Å². The Labute approximate surface area is 401 Å². The number of carbonyl (C=O) groups excluding carboxylic acids is 3. The molecular weight excluding hydrogens is 887 g/mol. The molecule has 0 spiro atoms. The summed E-state index contributed by atoms with van der Waals surface area (Å²) in [4.78, 5) is 36.7. The van der Waals surface area contributed by atoms with Crippen molar-refractivity contribution in [3.05, 3.63) is 155 Å². The van der Waals surface area contributed by atoms with Crippen molar-refractivity contribution in [1.29, 1.82) is 10.8 Å². The SMILES string of the molecule is N.N.N.N=Cc1ccc(CN)o1.NCC1CCC(CN)O1.NCc1ccc(C=O)o1.O=Cc1ccc(CCl)o1.[HH].[N-]=[N+]=NCc1ccc(C=N)o1.[N-]=[N+]=NCc1ccc(C=O)o1.[N-]=[N+]=[N-].[Na+]. The van der Waals surface area contributed by atoms with Gasteiger partial charge in [-0.05, 0) is 84.6 Å². The number of ether oxygens (including phenoxy) is 1. The Balaban J connectivity index is -0.000000159. The predicted octanol–water partition coefficient (Wildman–Crippen LogP) is 5.16. The van der Waals surface area contributed by atoms with Crippen molar-refractivity contribution in [2.75, 3.05) is 13.1 Å². The number of nitrogens with zero attached hydrogens (tertiary/aromatic N) is 9. The van der Waals surface area contributed by atoms with Gasteiger partial charge in [0.1, 0.15) is 40.3 Å². The van der Waals surface area contributed by atoms with E-state index in [9.17, 15) is 14.4 Å². The molecule has 1 aliphatic rings. The van der Waals surface area contributed by atoms with Gasteiger partial charge in [0, 0.05) is 24.3 Å². The number of hydrogen-bond donors (Lipinski definition) is 9. The van der Waals surface area contributed by atoms with E-state index < -0.39 is 0 Å². The number of furan rings is 5. The van der Waals surface area contributed by atoms with Gasteiger partial charge in [0.05, 0.1) is 56.7 Å². The van der Waals surface area contributed by atoms with Gasteiger partial charge in [-0.1, -0.05) is 10.2 Å². The van der Waals surface area contributed by atoms with E-state index >= 15 is 0 Å². The molecule has 5 aromatic rings. The normalized spacial score (nSPS) is 11.9. The van der Waals surface area contributed by atoms with Crippen molar-refractivity contribution in [2.24, 2.45) is 33.2 Å². The third-order valence-electron chi connectivity index (χ3n) is 6.88. The maximum Gasteiger partial charge on any atom is 1.00 e. The fourth-order valence-electron chi connectivity index (χ4n) is 4.11. The van der Waals surface area contributed by atoms with Crippen molar-refractivity contribution in [3.63, 3.8) is 0 Å². The van der Waals surface area contributed by atoms with Crippen molar-refractivity contribution in [1.82, 2.24) is 18.5 Å². The number of alkyl halides is 1. The van der Waals surface area contributed by atoms with Crippen LogP contribution in [0, 0.1) is 10.8 Å². The molecule has 0 aliphatic carbocycles. The van der Waals surface area contributed by atoms with Crippen LogP contribution in [0.15, 0.2) is 93.0 Å². The first-order valence-electron chi connectivity index (χ1n) is 17.4. The molecule has 27 nitrogen and oxygen atoms in total. The Morgan fingerprint density at radius 2 is 0.877 bits per heavy atom. The van der Waals surface area contributed by atoms with Crippen molar-refractivity contribution in [2.45, 2.75) is 57.1 Å². The van der Waals surface area contributed by atoms with E-state index in [0.29, 0.717) is 103 Å². The van der Waals surface area contributed by atoms with Crippen LogP contribution in [0.5, 0.6) is 0 Å². The van der Waals surface area contributed by atoms with E-state index in [1.54, 1.807) is 54.6 Å². The third kappa shape index (κ3) is 31.2. The van der Waals surface area contributed by atoms with Gasteiger partial charge in [0.2, 0.25) is 0 Å². The van der Waals surface area contributed by atoms with Gasteiger partial charge in [-0.3, -0.25) is 19.3 Å². The largest absolute Gasteiger partial charge is 1.00 e. The molecule has 0 saturated carbocycles. The molecule has 1 aliphatic heterocycles. The molecule has 6 heterocycles. The number of nitrogens with two attached hydrogens (primary N) is 4. The summed E-state index contributed by atoms with van der Waals surface area (Å²) < 4.78 is 30.1. The second-order valence-corrected chi connectivity index (χ2v) is 11.3. The second-order valence-electron chi connectivity index (χ2n) is 11.0. The van der Waals surface area contributed by atoms with E-state index in [1.807, 2.05) is 0 Å². The van der Waals surface area contributed by atoms with Crippen molar-refractivity contribution < 1.29 is 72.2 Å². The number of nitrogens with one attached hydrogen (secondary N) is 2. The maximum atomic E-state index is 10.1. The molecule has 65 heavy (non-hydrogen) atoms. The summed E-state index contributed by atoms with van der Waals surface area (Å²) >= 11 is 5.39. The second kappa shape index (κ2) is 44.3. The zero-order valence-corrected chi connectivity index (χ0v) is 38.4. The fraction of sp³-hybridized carbons (Fsp3) is 0.306. The van der Waals surface area contributed by atoms with Crippen molar-refractivity contribution >= 4 is 42.9 Å². The third-order valence-corrected chi connectivity index (χ3v) is 7.14. The minimum Gasteiger partial charge on any atom is -0.460 e.